The molecule has 0 fully saturated rings. The van der Waals surface area contributed by atoms with Crippen LogP contribution in [0.4, 0.5) is 23.7 Å². The topological polar surface area (TPSA) is 74.2 Å². The lowest BCUT2D eigenvalue weighted by molar-refractivity contribution is -0.258. The number of nitrogens with zero attached hydrogens (tertiary/aromatic N) is 1. The highest BCUT2D eigenvalue weighted by atomic mass is 35.5. The van der Waals surface area contributed by atoms with Gasteiger partial charge in [0.05, 0.1) is 22.3 Å². The maximum absolute atomic E-state index is 12.9. The molecule has 2 aromatic rings. The third kappa shape index (κ3) is 4.55. The van der Waals surface area contributed by atoms with Crippen LogP contribution in [0, 0.1) is 0 Å². The number of amides is 2. The number of aliphatic hydroxyl groups is 1. The number of hydrogen-bond acceptors (Lipinski definition) is 4. The molecule has 0 aliphatic heterocycles. The Kier molecular flexibility index (Phi) is 5.82. The van der Waals surface area contributed by atoms with Gasteiger partial charge in [-0.1, -0.05) is 23.2 Å². The number of nitrogens with one attached hydrogen (secondary N) is 2. The Bertz CT molecular complexity index is 744. The van der Waals surface area contributed by atoms with Gasteiger partial charge in [-0.05, 0) is 24.6 Å². The van der Waals surface area contributed by atoms with E-state index in [1.807, 2.05) is 0 Å². The SMILES string of the molecule is CC(O)(c1cc(Cl)c(NC(=O)NCc2nccs2)c(Cl)c1)C(F)(F)F. The second kappa shape index (κ2) is 7.36. The Morgan fingerprint density at radius 1 is 1.32 bits per heavy atom. The Morgan fingerprint density at radius 3 is 2.40 bits per heavy atom. The van der Waals surface area contributed by atoms with Gasteiger partial charge in [-0.25, -0.2) is 9.78 Å². The van der Waals surface area contributed by atoms with E-state index in [0.29, 0.717) is 11.9 Å². The predicted octanol–water partition coefficient (Wildman–Crippen LogP) is 4.54. The van der Waals surface area contributed by atoms with Crippen LogP contribution in [0.15, 0.2) is 23.7 Å². The molecule has 0 aliphatic carbocycles. The van der Waals surface area contributed by atoms with E-state index < -0.39 is 23.4 Å². The maximum atomic E-state index is 12.9. The first-order valence-electron chi connectivity index (χ1n) is 6.74. The standard InChI is InChI=1S/C14H12Cl2F3N3O2S/c1-13(24,14(17,18)19)7-4-8(15)11(9(16)5-7)22-12(23)21-6-10-20-2-3-25-10/h2-5,24H,6H2,1H3,(H2,21,22,23). The predicted molar refractivity (Wildman–Crippen MR) is 90.1 cm³/mol. The summed E-state index contributed by atoms with van der Waals surface area (Å²) >= 11 is 13.2. The first kappa shape index (κ1) is 19.8. The van der Waals surface area contributed by atoms with E-state index in [1.54, 1.807) is 11.6 Å². The van der Waals surface area contributed by atoms with Gasteiger partial charge in [-0.3, -0.25) is 0 Å². The maximum Gasteiger partial charge on any atom is 0.421 e. The van der Waals surface area contributed by atoms with Gasteiger partial charge in [-0.15, -0.1) is 11.3 Å². The molecule has 1 aromatic carbocycles. The number of benzene rings is 1. The van der Waals surface area contributed by atoms with Crippen molar-refractivity contribution < 1.29 is 23.1 Å². The van der Waals surface area contributed by atoms with Crippen LogP contribution >= 0.6 is 34.5 Å². The molecular weight excluding hydrogens is 402 g/mol. The Balaban J connectivity index is 2.16. The quantitative estimate of drug-likeness (QED) is 0.688. The van der Waals surface area contributed by atoms with Crippen LogP contribution in [0.2, 0.25) is 10.0 Å². The first-order chi connectivity index (χ1) is 11.5. The highest BCUT2D eigenvalue weighted by Gasteiger charge is 2.51. The summed E-state index contributed by atoms with van der Waals surface area (Å²) in [6.07, 6.45) is -3.34. The van der Waals surface area contributed by atoms with Crippen LogP contribution in [0.5, 0.6) is 0 Å². The zero-order chi connectivity index (χ0) is 18.8. The lowest BCUT2D eigenvalue weighted by Crippen LogP contribution is -2.39. The molecule has 0 saturated carbocycles. The van der Waals surface area contributed by atoms with Gasteiger partial charge < -0.3 is 15.7 Å². The Morgan fingerprint density at radius 2 is 1.92 bits per heavy atom. The summed E-state index contributed by atoms with van der Waals surface area (Å²) in [6, 6.07) is 1.14. The number of hydrogen-bond donors (Lipinski definition) is 3. The zero-order valence-electron chi connectivity index (χ0n) is 12.6. The van der Waals surface area contributed by atoms with Crippen molar-refractivity contribution in [2.24, 2.45) is 0 Å². The molecular formula is C14H12Cl2F3N3O2S. The van der Waals surface area contributed by atoms with Crippen molar-refractivity contribution in [3.63, 3.8) is 0 Å². The molecule has 11 heteroatoms. The molecule has 2 amide bonds. The first-order valence-corrected chi connectivity index (χ1v) is 8.37. The van der Waals surface area contributed by atoms with Crippen molar-refractivity contribution >= 4 is 46.3 Å². The smallest absolute Gasteiger partial charge is 0.376 e. The van der Waals surface area contributed by atoms with Crippen molar-refractivity contribution in [1.82, 2.24) is 10.3 Å². The van der Waals surface area contributed by atoms with E-state index in [9.17, 15) is 23.1 Å². The number of anilines is 1. The highest BCUT2D eigenvalue weighted by molar-refractivity contribution is 7.09. The van der Waals surface area contributed by atoms with E-state index in [1.165, 1.54) is 11.3 Å². The summed E-state index contributed by atoms with van der Waals surface area (Å²) in [6.45, 7) is 0.752. The van der Waals surface area contributed by atoms with Gasteiger partial charge in [0.25, 0.3) is 0 Å². The summed E-state index contributed by atoms with van der Waals surface area (Å²) in [4.78, 5) is 15.8. The normalized spacial score (nSPS) is 14.0. The Labute approximate surface area is 154 Å². The number of alkyl halides is 3. The van der Waals surface area contributed by atoms with Crippen LogP contribution in [-0.4, -0.2) is 22.3 Å². The molecule has 0 spiro atoms. The van der Waals surface area contributed by atoms with Gasteiger partial charge in [0, 0.05) is 11.6 Å². The molecule has 0 aliphatic rings. The van der Waals surface area contributed by atoms with Gasteiger partial charge in [0.15, 0.2) is 5.60 Å². The average molecular weight is 414 g/mol. The number of halogens is 5. The monoisotopic (exact) mass is 413 g/mol. The molecule has 1 heterocycles. The van der Waals surface area contributed by atoms with Crippen molar-refractivity contribution in [2.45, 2.75) is 25.2 Å². The van der Waals surface area contributed by atoms with Crippen LogP contribution in [-0.2, 0) is 12.1 Å². The summed E-state index contributed by atoms with van der Waals surface area (Å²) in [7, 11) is 0. The summed E-state index contributed by atoms with van der Waals surface area (Å²) in [5.74, 6) is 0. The summed E-state index contributed by atoms with van der Waals surface area (Å²) in [5.41, 5.74) is -3.74. The van der Waals surface area contributed by atoms with Gasteiger partial charge in [-0.2, -0.15) is 13.2 Å². The molecule has 0 bridgehead atoms. The number of aromatic nitrogens is 1. The molecule has 0 radical (unpaired) electrons. The average Bonchev–Trinajstić information content (AvgIpc) is 3.00. The summed E-state index contributed by atoms with van der Waals surface area (Å²) in [5, 5.41) is 16.5. The molecule has 1 unspecified atom stereocenters. The largest absolute Gasteiger partial charge is 0.421 e. The molecule has 2 rings (SSSR count). The molecule has 0 saturated heterocycles. The molecule has 136 valence electrons. The minimum atomic E-state index is -4.92. The molecule has 1 atom stereocenters. The van der Waals surface area contributed by atoms with E-state index in [0.717, 1.165) is 12.1 Å². The molecule has 1 aromatic heterocycles. The minimum Gasteiger partial charge on any atom is -0.376 e. The summed E-state index contributed by atoms with van der Waals surface area (Å²) < 4.78 is 38.7. The van der Waals surface area contributed by atoms with Crippen molar-refractivity contribution in [3.05, 3.63) is 44.3 Å². The minimum absolute atomic E-state index is 0.0679. The molecule has 5 nitrogen and oxygen atoms in total. The number of carbonyl (C=O) groups excluding carboxylic acids is 1. The van der Waals surface area contributed by atoms with Gasteiger partial charge in [0.2, 0.25) is 0 Å². The zero-order valence-corrected chi connectivity index (χ0v) is 14.9. The fraction of sp³-hybridized carbons (Fsp3) is 0.286. The van der Waals surface area contributed by atoms with E-state index in [-0.39, 0.29) is 22.3 Å². The van der Waals surface area contributed by atoms with Crippen LogP contribution in [0.25, 0.3) is 0 Å². The number of thiazole rings is 1. The van der Waals surface area contributed by atoms with Crippen molar-refractivity contribution in [2.75, 3.05) is 5.32 Å². The van der Waals surface area contributed by atoms with Crippen molar-refractivity contribution in [1.29, 1.82) is 0 Å². The number of urea groups is 1. The fourth-order valence-corrected chi connectivity index (χ4v) is 2.93. The molecule has 3 N–H and O–H groups in total. The van der Waals surface area contributed by atoms with Crippen LogP contribution < -0.4 is 10.6 Å². The van der Waals surface area contributed by atoms with E-state index >= 15 is 0 Å². The second-order valence-corrected chi connectivity index (χ2v) is 6.91. The molecule has 25 heavy (non-hydrogen) atoms. The number of rotatable bonds is 4. The van der Waals surface area contributed by atoms with E-state index in [4.69, 9.17) is 23.2 Å². The third-order valence-corrected chi connectivity index (χ3v) is 4.65. The van der Waals surface area contributed by atoms with Gasteiger partial charge >= 0.3 is 12.2 Å². The van der Waals surface area contributed by atoms with E-state index in [2.05, 4.69) is 15.6 Å². The van der Waals surface area contributed by atoms with Gasteiger partial charge in [0.1, 0.15) is 5.01 Å². The third-order valence-electron chi connectivity index (χ3n) is 3.28. The Hall–Kier alpha value is -1.55. The second-order valence-electron chi connectivity index (χ2n) is 5.12. The lowest BCUT2D eigenvalue weighted by atomic mass is 9.95. The van der Waals surface area contributed by atoms with Crippen LogP contribution in [0.3, 0.4) is 0 Å². The highest BCUT2D eigenvalue weighted by Crippen LogP contribution is 2.42. The lowest BCUT2D eigenvalue weighted by Gasteiger charge is -2.27. The van der Waals surface area contributed by atoms with Crippen LogP contribution in [0.1, 0.15) is 17.5 Å². The fourth-order valence-electron chi connectivity index (χ4n) is 1.79. The number of carbonyl (C=O) groups is 1. The van der Waals surface area contributed by atoms with Crippen molar-refractivity contribution in [3.8, 4) is 0 Å².